The largest absolute Gasteiger partial charge is 0.353 e. The molecule has 4 nitrogen and oxygen atoms in total. The number of hydrogen-bond acceptors (Lipinski definition) is 5. The highest BCUT2D eigenvalue weighted by Crippen LogP contribution is 2.39. The molecule has 1 saturated heterocycles. The molecule has 2 aliphatic heterocycles. The van der Waals surface area contributed by atoms with Crippen molar-refractivity contribution in [3.8, 4) is 0 Å². The van der Waals surface area contributed by atoms with Crippen molar-refractivity contribution in [1.29, 1.82) is 0 Å². The molecule has 0 spiro atoms. The molecule has 0 amide bonds. The summed E-state index contributed by atoms with van der Waals surface area (Å²) in [5.74, 6) is -0.0246. The maximum Gasteiger partial charge on any atom is 0.139 e. The van der Waals surface area contributed by atoms with Crippen molar-refractivity contribution in [2.24, 2.45) is 4.99 Å². The van der Waals surface area contributed by atoms with Crippen LogP contribution in [-0.4, -0.2) is 36.4 Å². The highest BCUT2D eigenvalue weighted by molar-refractivity contribution is 7.16. The van der Waals surface area contributed by atoms with Gasteiger partial charge in [0.25, 0.3) is 0 Å². The average molecular weight is 439 g/mol. The van der Waals surface area contributed by atoms with Crippen LogP contribution in [0.4, 0.5) is 25.2 Å². The lowest BCUT2D eigenvalue weighted by molar-refractivity contribution is 0.282. The normalized spacial score (nSPS) is 18.0. The minimum absolute atomic E-state index is 0.204. The Balaban J connectivity index is 1.38. The number of anilines is 2. The topological polar surface area (TPSA) is 39.7 Å². The molecule has 3 aromatic rings. The Kier molecular flexibility index (Phi) is 5.46. The molecule has 31 heavy (non-hydrogen) atoms. The average Bonchev–Trinajstić information content (AvgIpc) is 3.04. The van der Waals surface area contributed by atoms with Gasteiger partial charge in [-0.3, -0.25) is 0 Å². The molecule has 0 unspecified atom stereocenters. The van der Waals surface area contributed by atoms with Crippen LogP contribution in [0.2, 0.25) is 0 Å². The molecule has 3 heterocycles. The zero-order chi connectivity index (χ0) is 21.4. The number of nitrogens with zero attached hydrogens (tertiary/aromatic N) is 2. The van der Waals surface area contributed by atoms with E-state index in [2.05, 4.69) is 34.6 Å². The van der Waals surface area contributed by atoms with E-state index in [1.807, 2.05) is 18.2 Å². The van der Waals surface area contributed by atoms with Gasteiger partial charge in [0, 0.05) is 36.6 Å². The van der Waals surface area contributed by atoms with E-state index in [4.69, 9.17) is 4.99 Å². The summed E-state index contributed by atoms with van der Waals surface area (Å²) in [5, 5.41) is 8.21. The van der Waals surface area contributed by atoms with Gasteiger partial charge in [0.15, 0.2) is 0 Å². The van der Waals surface area contributed by atoms with Crippen molar-refractivity contribution < 1.29 is 8.78 Å². The van der Waals surface area contributed by atoms with Crippen molar-refractivity contribution in [3.05, 3.63) is 76.2 Å². The minimum Gasteiger partial charge on any atom is -0.353 e. The van der Waals surface area contributed by atoms with E-state index in [-0.39, 0.29) is 6.04 Å². The highest BCUT2D eigenvalue weighted by atomic mass is 32.1. The zero-order valence-corrected chi connectivity index (χ0v) is 18.1. The first kappa shape index (κ1) is 20.2. The Bertz CT molecular complexity index is 1140. The number of aryl methyl sites for hydroxylation is 2. The summed E-state index contributed by atoms with van der Waals surface area (Å²) >= 11 is 1.74. The van der Waals surface area contributed by atoms with E-state index in [9.17, 15) is 8.78 Å². The molecule has 0 saturated carbocycles. The van der Waals surface area contributed by atoms with E-state index < -0.39 is 11.6 Å². The third-order valence-corrected chi connectivity index (χ3v) is 6.77. The first-order valence-corrected chi connectivity index (χ1v) is 11.4. The third kappa shape index (κ3) is 4.20. The summed E-state index contributed by atoms with van der Waals surface area (Å²) in [4.78, 5) is 8.62. The predicted octanol–water partition coefficient (Wildman–Crippen LogP) is 5.38. The molecule has 0 radical (unpaired) electrons. The van der Waals surface area contributed by atoms with Crippen molar-refractivity contribution in [2.75, 3.05) is 25.0 Å². The first-order chi connectivity index (χ1) is 15.1. The summed E-state index contributed by atoms with van der Waals surface area (Å²) in [7, 11) is 0. The van der Waals surface area contributed by atoms with Crippen LogP contribution in [0.5, 0.6) is 0 Å². The number of para-hydroxylation sites is 2. The van der Waals surface area contributed by atoms with Crippen LogP contribution in [0.1, 0.15) is 22.4 Å². The van der Waals surface area contributed by atoms with Crippen LogP contribution in [0.25, 0.3) is 0 Å². The molecule has 2 aromatic carbocycles. The summed E-state index contributed by atoms with van der Waals surface area (Å²) in [6, 6.07) is 14.3. The van der Waals surface area contributed by atoms with E-state index in [0.717, 1.165) is 59.9 Å². The van der Waals surface area contributed by atoms with Gasteiger partial charge in [0.1, 0.15) is 22.5 Å². The fourth-order valence-electron chi connectivity index (χ4n) is 4.25. The van der Waals surface area contributed by atoms with Crippen LogP contribution in [0.3, 0.4) is 0 Å². The summed E-state index contributed by atoms with van der Waals surface area (Å²) in [6.07, 6.45) is 1.34. The smallest absolute Gasteiger partial charge is 0.139 e. The van der Waals surface area contributed by atoms with E-state index in [1.165, 1.54) is 10.9 Å². The second kappa shape index (κ2) is 8.40. The number of benzene rings is 2. The Morgan fingerprint density at radius 3 is 2.90 bits per heavy atom. The third-order valence-electron chi connectivity index (χ3n) is 5.81. The van der Waals surface area contributed by atoms with Gasteiger partial charge in [0.2, 0.25) is 0 Å². The molecule has 160 valence electrons. The minimum atomic E-state index is -0.537. The molecule has 2 aliphatic rings. The molecule has 1 fully saturated rings. The van der Waals surface area contributed by atoms with Crippen molar-refractivity contribution >= 4 is 33.5 Å². The standard InChI is InChI=1S/C24H24F2N4S/c1-15-12-19-23(28-21-4-2-3-5-22(21)29-24(19)31-15)30-11-10-27-18(14-30)9-7-16-6-8-17(25)13-20(16)26/h2-6,8,12-13,18,27,29H,7,9-11,14H2,1H3/t18-/m0/s1. The lowest BCUT2D eigenvalue weighted by Gasteiger charge is -2.36. The van der Waals surface area contributed by atoms with Gasteiger partial charge in [-0.05, 0) is 49.6 Å². The fourth-order valence-corrected chi connectivity index (χ4v) is 5.17. The van der Waals surface area contributed by atoms with E-state index in [0.29, 0.717) is 12.0 Å². The van der Waals surface area contributed by atoms with E-state index in [1.54, 1.807) is 17.4 Å². The monoisotopic (exact) mass is 438 g/mol. The fraction of sp³-hybridized carbons (Fsp3) is 0.292. The molecule has 0 aliphatic carbocycles. The van der Waals surface area contributed by atoms with Crippen LogP contribution >= 0.6 is 11.3 Å². The highest BCUT2D eigenvalue weighted by Gasteiger charge is 2.27. The quantitative estimate of drug-likeness (QED) is 0.577. The molecule has 5 rings (SSSR count). The van der Waals surface area contributed by atoms with Gasteiger partial charge in [-0.1, -0.05) is 18.2 Å². The van der Waals surface area contributed by atoms with Gasteiger partial charge < -0.3 is 15.5 Å². The van der Waals surface area contributed by atoms with Crippen LogP contribution < -0.4 is 10.6 Å². The second-order valence-electron chi connectivity index (χ2n) is 8.05. The summed E-state index contributed by atoms with van der Waals surface area (Å²) in [5.41, 5.74) is 3.63. The van der Waals surface area contributed by atoms with Gasteiger partial charge in [-0.25, -0.2) is 13.8 Å². The number of thiophene rings is 1. The number of amidine groups is 1. The maximum atomic E-state index is 14.0. The second-order valence-corrected chi connectivity index (χ2v) is 9.31. The number of fused-ring (bicyclic) bond motifs is 2. The van der Waals surface area contributed by atoms with Crippen molar-refractivity contribution in [2.45, 2.75) is 25.8 Å². The Labute approximate surface area is 184 Å². The lowest BCUT2D eigenvalue weighted by atomic mass is 10.0. The maximum absolute atomic E-state index is 14.0. The Morgan fingerprint density at radius 2 is 2.03 bits per heavy atom. The van der Waals surface area contributed by atoms with Gasteiger partial charge in [-0.15, -0.1) is 11.3 Å². The number of rotatable bonds is 3. The van der Waals surface area contributed by atoms with Crippen molar-refractivity contribution in [3.63, 3.8) is 0 Å². The van der Waals surface area contributed by atoms with Gasteiger partial charge >= 0.3 is 0 Å². The molecule has 7 heteroatoms. The Morgan fingerprint density at radius 1 is 1.16 bits per heavy atom. The molecular weight excluding hydrogens is 414 g/mol. The van der Waals surface area contributed by atoms with Gasteiger partial charge in [-0.2, -0.15) is 0 Å². The van der Waals surface area contributed by atoms with Gasteiger partial charge in [0.05, 0.1) is 16.9 Å². The number of nitrogens with one attached hydrogen (secondary N) is 2. The SMILES string of the molecule is Cc1cc2c(s1)Nc1ccccc1N=C2N1CCN[C@@H](CCc2ccc(F)cc2F)C1. The number of piperazine rings is 1. The molecular formula is C24H24F2N4S. The summed E-state index contributed by atoms with van der Waals surface area (Å²) in [6.45, 7) is 4.60. The van der Waals surface area contributed by atoms with E-state index >= 15 is 0 Å². The Hall–Kier alpha value is -2.77. The molecule has 2 N–H and O–H groups in total. The number of hydrogen-bond donors (Lipinski definition) is 2. The molecule has 0 bridgehead atoms. The zero-order valence-electron chi connectivity index (χ0n) is 17.3. The van der Waals surface area contributed by atoms with Crippen molar-refractivity contribution in [1.82, 2.24) is 10.2 Å². The number of aliphatic imine (C=N–C) groups is 1. The van der Waals surface area contributed by atoms with Crippen LogP contribution in [0.15, 0.2) is 53.5 Å². The summed E-state index contributed by atoms with van der Waals surface area (Å²) < 4.78 is 27.2. The van der Waals surface area contributed by atoms with Crippen LogP contribution in [-0.2, 0) is 6.42 Å². The molecule has 1 aromatic heterocycles. The number of halogens is 2. The predicted molar refractivity (Wildman–Crippen MR) is 123 cm³/mol. The van der Waals surface area contributed by atoms with Crippen LogP contribution in [0, 0.1) is 18.6 Å². The first-order valence-electron chi connectivity index (χ1n) is 10.5. The molecule has 1 atom stereocenters. The lowest BCUT2D eigenvalue weighted by Crippen LogP contribution is -2.52.